The molecule has 0 bridgehead atoms. The largest absolute Gasteiger partial charge is 0.598 e. The first-order valence-electron chi connectivity index (χ1n) is 12.4. The number of nitrogens with zero attached hydrogens (tertiary/aromatic N) is 3. The molecule has 1 N–H and O–H groups in total. The fraction of sp³-hybridized carbons (Fsp3) is 0.321. The number of hydrogen-bond acceptors (Lipinski definition) is 7. The van der Waals surface area contributed by atoms with Crippen LogP contribution in [-0.2, 0) is 22.5 Å². The zero-order valence-corrected chi connectivity index (χ0v) is 21.7. The molecule has 4 aromatic rings. The number of para-hydroxylation sites is 1. The Hall–Kier alpha value is -3.24. The molecule has 1 amide bonds. The SMILES string of the molecule is CC(C)[S@+]([O-])NC(Cc1cccc(C(=O)N2CCOCC2)n1)c1ccccc1-c1noc2ccccc12. The molecule has 1 aliphatic rings. The summed E-state index contributed by atoms with van der Waals surface area (Å²) < 4.78 is 27.2. The minimum atomic E-state index is -1.29. The van der Waals surface area contributed by atoms with Crippen molar-refractivity contribution in [2.24, 2.45) is 0 Å². The monoisotopic (exact) mass is 518 g/mol. The van der Waals surface area contributed by atoms with E-state index >= 15 is 0 Å². The zero-order chi connectivity index (χ0) is 25.8. The number of ether oxygens (including phenoxy) is 1. The highest BCUT2D eigenvalue weighted by Gasteiger charge is 2.27. The van der Waals surface area contributed by atoms with E-state index in [1.165, 1.54) is 0 Å². The Morgan fingerprint density at radius 2 is 1.81 bits per heavy atom. The highest BCUT2D eigenvalue weighted by molar-refractivity contribution is 7.90. The van der Waals surface area contributed by atoms with Crippen molar-refractivity contribution in [2.45, 2.75) is 31.6 Å². The highest BCUT2D eigenvalue weighted by atomic mass is 32.2. The van der Waals surface area contributed by atoms with Gasteiger partial charge in [-0.3, -0.25) is 4.79 Å². The van der Waals surface area contributed by atoms with Gasteiger partial charge in [-0.1, -0.05) is 47.6 Å². The topological polar surface area (TPSA) is 104 Å². The van der Waals surface area contributed by atoms with Crippen LogP contribution in [0, 0.1) is 0 Å². The Morgan fingerprint density at radius 3 is 2.62 bits per heavy atom. The summed E-state index contributed by atoms with van der Waals surface area (Å²) in [5.74, 6) is -0.102. The van der Waals surface area contributed by atoms with Crippen LogP contribution in [0.25, 0.3) is 22.2 Å². The number of amides is 1. The van der Waals surface area contributed by atoms with Gasteiger partial charge in [0.1, 0.15) is 16.6 Å². The number of fused-ring (bicyclic) bond motifs is 1. The van der Waals surface area contributed by atoms with E-state index in [4.69, 9.17) is 14.2 Å². The first-order valence-corrected chi connectivity index (χ1v) is 13.7. The molecule has 0 spiro atoms. The second-order valence-corrected chi connectivity index (χ2v) is 11.0. The van der Waals surface area contributed by atoms with Crippen molar-refractivity contribution in [3.63, 3.8) is 0 Å². The first kappa shape index (κ1) is 25.4. The van der Waals surface area contributed by atoms with E-state index in [-0.39, 0.29) is 17.2 Å². The third-order valence-corrected chi connectivity index (χ3v) is 7.77. The summed E-state index contributed by atoms with van der Waals surface area (Å²) in [6.45, 7) is 6.01. The van der Waals surface area contributed by atoms with Gasteiger partial charge in [-0.2, -0.15) is 0 Å². The van der Waals surface area contributed by atoms with Crippen molar-refractivity contribution < 1.29 is 18.6 Å². The lowest BCUT2D eigenvalue weighted by Gasteiger charge is -2.27. The number of nitrogens with one attached hydrogen (secondary N) is 1. The number of rotatable bonds is 8. The number of carbonyl (C=O) groups excluding carboxylic acids is 1. The zero-order valence-electron chi connectivity index (χ0n) is 20.9. The molecule has 2 atom stereocenters. The third kappa shape index (κ3) is 5.70. The van der Waals surface area contributed by atoms with Crippen LogP contribution in [0.3, 0.4) is 0 Å². The van der Waals surface area contributed by atoms with Gasteiger partial charge in [0.15, 0.2) is 5.58 Å². The molecular formula is C28H30N4O4S. The second kappa shape index (κ2) is 11.4. The summed E-state index contributed by atoms with van der Waals surface area (Å²) in [6, 6.07) is 20.8. The molecule has 5 rings (SSSR count). The van der Waals surface area contributed by atoms with Crippen molar-refractivity contribution in [3.8, 4) is 11.3 Å². The molecule has 0 radical (unpaired) electrons. The van der Waals surface area contributed by atoms with Crippen molar-refractivity contribution in [1.29, 1.82) is 0 Å². The van der Waals surface area contributed by atoms with Crippen molar-refractivity contribution >= 4 is 28.2 Å². The van der Waals surface area contributed by atoms with Crippen LogP contribution in [0.4, 0.5) is 0 Å². The number of benzene rings is 2. The van der Waals surface area contributed by atoms with Gasteiger partial charge in [-0.05, 0) is 43.7 Å². The van der Waals surface area contributed by atoms with E-state index < -0.39 is 11.4 Å². The molecule has 1 saturated heterocycles. The molecule has 37 heavy (non-hydrogen) atoms. The summed E-state index contributed by atoms with van der Waals surface area (Å²) in [4.78, 5) is 19.5. The second-order valence-electron chi connectivity index (χ2n) is 9.25. The molecular weight excluding hydrogens is 488 g/mol. The Labute approximate surface area is 219 Å². The quantitative estimate of drug-likeness (QED) is 0.347. The fourth-order valence-corrected chi connectivity index (χ4v) is 5.20. The minimum Gasteiger partial charge on any atom is -0.598 e. The van der Waals surface area contributed by atoms with E-state index in [1.54, 1.807) is 11.0 Å². The van der Waals surface area contributed by atoms with E-state index in [1.807, 2.05) is 74.5 Å². The molecule has 9 heteroatoms. The summed E-state index contributed by atoms with van der Waals surface area (Å²) in [6.07, 6.45) is 0.440. The molecule has 2 aromatic carbocycles. The predicted octanol–water partition coefficient (Wildman–Crippen LogP) is 4.31. The maximum atomic E-state index is 13.0. The molecule has 1 unspecified atom stereocenters. The van der Waals surface area contributed by atoms with Gasteiger partial charge in [0.25, 0.3) is 5.91 Å². The maximum absolute atomic E-state index is 13.0. The average Bonchev–Trinajstić information content (AvgIpc) is 3.37. The lowest BCUT2D eigenvalue weighted by atomic mass is 9.94. The molecule has 192 valence electrons. The van der Waals surface area contributed by atoms with Gasteiger partial charge >= 0.3 is 0 Å². The lowest BCUT2D eigenvalue weighted by Crippen LogP contribution is -2.41. The molecule has 0 saturated carbocycles. The van der Waals surface area contributed by atoms with Crippen molar-refractivity contribution in [3.05, 3.63) is 83.7 Å². The summed E-state index contributed by atoms with van der Waals surface area (Å²) in [5.41, 5.74) is 4.40. The number of morpholine rings is 1. The van der Waals surface area contributed by atoms with E-state index in [2.05, 4.69) is 9.88 Å². The average molecular weight is 519 g/mol. The van der Waals surface area contributed by atoms with E-state index in [0.29, 0.717) is 44.0 Å². The fourth-order valence-electron chi connectivity index (χ4n) is 4.44. The van der Waals surface area contributed by atoms with Crippen LogP contribution in [0.15, 0.2) is 71.3 Å². The Balaban J connectivity index is 1.49. The van der Waals surface area contributed by atoms with Crippen LogP contribution in [0.5, 0.6) is 0 Å². The smallest absolute Gasteiger partial charge is 0.272 e. The molecule has 8 nitrogen and oxygen atoms in total. The van der Waals surface area contributed by atoms with Crippen LogP contribution < -0.4 is 4.72 Å². The van der Waals surface area contributed by atoms with E-state index in [9.17, 15) is 9.35 Å². The highest BCUT2D eigenvalue weighted by Crippen LogP contribution is 2.34. The van der Waals surface area contributed by atoms with Crippen LogP contribution in [-0.4, -0.2) is 57.1 Å². The van der Waals surface area contributed by atoms with Gasteiger partial charge < -0.3 is 18.7 Å². The molecule has 0 aliphatic carbocycles. The van der Waals surface area contributed by atoms with Crippen LogP contribution in [0.1, 0.15) is 41.6 Å². The number of pyridine rings is 1. The standard InChI is InChI=1S/C28H30N4O4S/c1-19(2)37(34)31-25(18-20-8-7-12-24(29-20)28(33)32-14-16-35-17-15-32)21-9-3-4-10-22(21)27-23-11-5-6-13-26(23)36-30-27/h3-13,19,25,31H,14-18H2,1-2H3/t25?,37-/m0/s1. The normalized spacial score (nSPS) is 15.7. The molecule has 1 aliphatic heterocycles. The van der Waals surface area contributed by atoms with Gasteiger partial charge in [0.05, 0.1) is 19.3 Å². The number of carbonyl (C=O) groups is 1. The maximum Gasteiger partial charge on any atom is 0.272 e. The lowest BCUT2D eigenvalue weighted by molar-refractivity contribution is 0.0299. The predicted molar refractivity (Wildman–Crippen MR) is 143 cm³/mol. The first-order chi connectivity index (χ1) is 18.0. The molecule has 2 aromatic heterocycles. The summed E-state index contributed by atoms with van der Waals surface area (Å²) in [7, 11) is 0. The minimum absolute atomic E-state index is 0.0789. The third-order valence-electron chi connectivity index (χ3n) is 6.39. The Morgan fingerprint density at radius 1 is 1.05 bits per heavy atom. The van der Waals surface area contributed by atoms with Crippen LogP contribution >= 0.6 is 0 Å². The summed E-state index contributed by atoms with van der Waals surface area (Å²) in [5, 5.41) is 5.20. The molecule has 3 heterocycles. The van der Waals surface area contributed by atoms with Gasteiger partial charge in [0.2, 0.25) is 0 Å². The van der Waals surface area contributed by atoms with E-state index in [0.717, 1.165) is 27.9 Å². The van der Waals surface area contributed by atoms with Gasteiger partial charge in [0, 0.05) is 47.5 Å². The Kier molecular flexibility index (Phi) is 7.85. The van der Waals surface area contributed by atoms with Gasteiger partial charge in [-0.25, -0.2) is 4.98 Å². The Bertz CT molecular complexity index is 1370. The van der Waals surface area contributed by atoms with Crippen molar-refractivity contribution in [2.75, 3.05) is 26.3 Å². The number of hydrogen-bond donors (Lipinski definition) is 1. The number of aromatic nitrogens is 2. The van der Waals surface area contributed by atoms with Crippen molar-refractivity contribution in [1.82, 2.24) is 19.8 Å². The van der Waals surface area contributed by atoms with Crippen LogP contribution in [0.2, 0.25) is 0 Å². The summed E-state index contributed by atoms with van der Waals surface area (Å²) >= 11 is -1.29. The molecule has 1 fully saturated rings. The van der Waals surface area contributed by atoms with Gasteiger partial charge in [-0.15, -0.1) is 4.72 Å².